The third-order valence-corrected chi connectivity index (χ3v) is 9.10. The van der Waals surface area contributed by atoms with Gasteiger partial charge in [-0.2, -0.15) is 0 Å². The van der Waals surface area contributed by atoms with Gasteiger partial charge in [0.2, 0.25) is 0 Å². The number of carbonyl (C=O) groups is 2. The molecule has 3 aliphatic rings. The van der Waals surface area contributed by atoms with E-state index in [1.807, 2.05) is 19.1 Å². The Morgan fingerprint density at radius 1 is 1.09 bits per heavy atom. The monoisotopic (exact) mass is 464 g/mol. The van der Waals surface area contributed by atoms with Crippen molar-refractivity contribution in [1.82, 2.24) is 9.97 Å². The quantitative estimate of drug-likeness (QED) is 0.545. The molecular weight excluding hydrogens is 436 g/mol. The minimum Gasteiger partial charge on any atom is -0.300 e. The second-order valence-electron chi connectivity index (χ2n) is 9.64. The molecule has 0 spiro atoms. The summed E-state index contributed by atoms with van der Waals surface area (Å²) in [5.41, 5.74) is 3.50. The van der Waals surface area contributed by atoms with Gasteiger partial charge in [-0.05, 0) is 74.1 Å². The van der Waals surface area contributed by atoms with Crippen molar-refractivity contribution in [3.8, 4) is 0 Å². The van der Waals surface area contributed by atoms with Crippen LogP contribution in [0.15, 0.2) is 41.6 Å². The summed E-state index contributed by atoms with van der Waals surface area (Å²) in [6.45, 7) is 1.84. The molecule has 6 nitrogen and oxygen atoms in total. The number of benzene rings is 1. The number of ketones is 2. The van der Waals surface area contributed by atoms with E-state index >= 15 is 0 Å². The number of carbonyl (C=O) groups excluding carboxylic acids is 2. The summed E-state index contributed by atoms with van der Waals surface area (Å²) >= 11 is 0. The van der Waals surface area contributed by atoms with Crippen LogP contribution in [0.4, 0.5) is 0 Å². The number of hydrogen-bond donors (Lipinski definition) is 0. The molecule has 3 aliphatic carbocycles. The van der Waals surface area contributed by atoms with Gasteiger partial charge in [-0.25, -0.2) is 8.42 Å². The van der Waals surface area contributed by atoms with Crippen LogP contribution in [0.5, 0.6) is 0 Å². The molecule has 1 aromatic carbocycles. The lowest BCUT2D eigenvalue weighted by Gasteiger charge is -2.15. The third-order valence-electron chi connectivity index (χ3n) is 6.77. The molecule has 5 rings (SSSR count). The Hall–Kier alpha value is -2.67. The minimum atomic E-state index is -3.31. The molecule has 1 atom stereocenters. The lowest BCUT2D eigenvalue weighted by atomic mass is 9.92. The molecule has 0 N–H and O–H groups in total. The number of nitrogens with zero attached hydrogens (tertiary/aromatic N) is 2. The van der Waals surface area contributed by atoms with Crippen LogP contribution < -0.4 is 0 Å². The Kier molecular flexibility index (Phi) is 5.77. The summed E-state index contributed by atoms with van der Waals surface area (Å²) in [4.78, 5) is 34.3. The molecule has 0 saturated heterocycles. The highest BCUT2D eigenvalue weighted by molar-refractivity contribution is 7.92. The molecule has 1 aromatic heterocycles. The van der Waals surface area contributed by atoms with Gasteiger partial charge < -0.3 is 0 Å². The first-order chi connectivity index (χ1) is 15.8. The number of hydrogen-bond acceptors (Lipinski definition) is 6. The van der Waals surface area contributed by atoms with Crippen molar-refractivity contribution < 1.29 is 18.0 Å². The SMILES string of the molecule is Cc1cnc(CC(=O)/C(=C/[C@@H]2CCC(=O)C2)c2ccc(S(=O)(=O)C3CC3)c(C3CC3)c2)cn1. The minimum absolute atomic E-state index is 0.0276. The zero-order chi connectivity index (χ0) is 23.2. The predicted octanol–water partition coefficient (Wildman–Crippen LogP) is 4.16. The summed E-state index contributed by atoms with van der Waals surface area (Å²) in [5.74, 6) is 0.393. The highest BCUT2D eigenvalue weighted by Gasteiger charge is 2.40. The number of sulfone groups is 1. The Labute approximate surface area is 194 Å². The molecule has 1 heterocycles. The van der Waals surface area contributed by atoms with Crippen LogP contribution in [0, 0.1) is 12.8 Å². The first kappa shape index (κ1) is 22.1. The van der Waals surface area contributed by atoms with Crippen molar-refractivity contribution in [2.45, 2.75) is 74.4 Å². The van der Waals surface area contributed by atoms with Gasteiger partial charge in [0.1, 0.15) is 5.78 Å². The fraction of sp³-hybridized carbons (Fsp3) is 0.462. The van der Waals surface area contributed by atoms with Crippen molar-refractivity contribution in [2.24, 2.45) is 5.92 Å². The number of rotatable bonds is 8. The molecule has 0 radical (unpaired) electrons. The number of Topliss-reactive ketones (excluding diaryl/α,β-unsaturated/α-hetero) is 2. The van der Waals surface area contributed by atoms with E-state index < -0.39 is 9.84 Å². The van der Waals surface area contributed by atoms with Gasteiger partial charge in [0.15, 0.2) is 15.6 Å². The number of aryl methyl sites for hydroxylation is 1. The van der Waals surface area contributed by atoms with E-state index in [2.05, 4.69) is 9.97 Å². The topological polar surface area (TPSA) is 94.1 Å². The molecule has 0 aliphatic heterocycles. The van der Waals surface area contributed by atoms with Crippen LogP contribution in [0.25, 0.3) is 5.57 Å². The highest BCUT2D eigenvalue weighted by Crippen LogP contribution is 2.46. The second-order valence-corrected chi connectivity index (χ2v) is 11.8. The van der Waals surface area contributed by atoms with Crippen LogP contribution >= 0.6 is 0 Å². The smallest absolute Gasteiger partial charge is 0.181 e. The Bertz CT molecular complexity index is 1240. The molecule has 2 aromatic rings. The van der Waals surface area contributed by atoms with Crippen LogP contribution in [0.1, 0.15) is 73.4 Å². The summed E-state index contributed by atoms with van der Waals surface area (Å²) in [7, 11) is -3.31. The van der Waals surface area contributed by atoms with Crippen molar-refractivity contribution in [3.05, 3.63) is 59.2 Å². The Balaban J connectivity index is 1.52. The summed E-state index contributed by atoms with van der Waals surface area (Å²) in [6.07, 6.45) is 10.4. The van der Waals surface area contributed by atoms with Gasteiger partial charge in [0.05, 0.1) is 28.0 Å². The first-order valence-corrected chi connectivity index (χ1v) is 13.3. The standard InChI is InChI=1S/C26H28N2O4S/c1-16-14-28-20(15-27-16)13-25(30)23(11-17-2-6-21(29)10-17)19-5-9-26(24(12-19)18-3-4-18)33(31,32)22-7-8-22/h5,9,11-12,14-15,17-18,22H,2-4,6-8,10,13H2,1H3/b23-11+/t17-/m1/s1. The molecule has 33 heavy (non-hydrogen) atoms. The van der Waals surface area contributed by atoms with Gasteiger partial charge in [-0.1, -0.05) is 12.1 Å². The van der Waals surface area contributed by atoms with E-state index in [0.717, 1.165) is 48.9 Å². The van der Waals surface area contributed by atoms with E-state index in [0.29, 0.717) is 29.0 Å². The zero-order valence-electron chi connectivity index (χ0n) is 18.8. The first-order valence-electron chi connectivity index (χ1n) is 11.7. The van der Waals surface area contributed by atoms with Gasteiger partial charge >= 0.3 is 0 Å². The van der Waals surface area contributed by atoms with E-state index in [4.69, 9.17) is 0 Å². The summed E-state index contributed by atoms with van der Waals surface area (Å²) < 4.78 is 26.0. The number of aromatic nitrogens is 2. The van der Waals surface area contributed by atoms with Crippen molar-refractivity contribution in [2.75, 3.05) is 0 Å². The third kappa shape index (κ3) is 4.83. The molecule has 0 bridgehead atoms. The Morgan fingerprint density at radius 3 is 2.48 bits per heavy atom. The maximum Gasteiger partial charge on any atom is 0.181 e. The van der Waals surface area contributed by atoms with E-state index in [1.54, 1.807) is 24.5 Å². The van der Waals surface area contributed by atoms with Crippen molar-refractivity contribution in [3.63, 3.8) is 0 Å². The molecule has 172 valence electrons. The number of allylic oxidation sites excluding steroid dienone is 2. The molecule has 0 unspecified atom stereocenters. The fourth-order valence-corrected chi connectivity index (χ4v) is 6.52. The van der Waals surface area contributed by atoms with E-state index in [-0.39, 0.29) is 35.1 Å². The van der Waals surface area contributed by atoms with E-state index in [1.165, 1.54) is 0 Å². The molecular formula is C26H28N2O4S. The summed E-state index contributed by atoms with van der Waals surface area (Å²) in [5, 5.41) is -0.262. The van der Waals surface area contributed by atoms with E-state index in [9.17, 15) is 18.0 Å². The lowest BCUT2D eigenvalue weighted by molar-refractivity contribution is -0.117. The molecule has 7 heteroatoms. The van der Waals surface area contributed by atoms with Gasteiger partial charge in [-0.15, -0.1) is 0 Å². The van der Waals surface area contributed by atoms with Crippen molar-refractivity contribution in [1.29, 1.82) is 0 Å². The average Bonchev–Trinajstić information content (AvgIpc) is 3.70. The average molecular weight is 465 g/mol. The lowest BCUT2D eigenvalue weighted by Crippen LogP contribution is -2.12. The zero-order valence-corrected chi connectivity index (χ0v) is 19.6. The van der Waals surface area contributed by atoms with Gasteiger partial charge in [-0.3, -0.25) is 19.6 Å². The predicted molar refractivity (Wildman–Crippen MR) is 124 cm³/mol. The largest absolute Gasteiger partial charge is 0.300 e. The Morgan fingerprint density at radius 2 is 1.88 bits per heavy atom. The molecule has 3 fully saturated rings. The summed E-state index contributed by atoms with van der Waals surface area (Å²) in [6, 6.07) is 5.37. The van der Waals surface area contributed by atoms with Crippen molar-refractivity contribution >= 4 is 27.0 Å². The van der Waals surface area contributed by atoms with Gasteiger partial charge in [0, 0.05) is 30.8 Å². The fourth-order valence-electron chi connectivity index (χ4n) is 4.59. The van der Waals surface area contributed by atoms with Crippen LogP contribution in [-0.4, -0.2) is 35.2 Å². The maximum absolute atomic E-state index is 13.4. The van der Waals surface area contributed by atoms with Crippen LogP contribution in [-0.2, 0) is 25.8 Å². The van der Waals surface area contributed by atoms with Crippen LogP contribution in [0.3, 0.4) is 0 Å². The molecule has 3 saturated carbocycles. The molecule has 0 amide bonds. The van der Waals surface area contributed by atoms with Crippen LogP contribution in [0.2, 0.25) is 0 Å². The normalized spacial score (nSPS) is 21.4. The van der Waals surface area contributed by atoms with Gasteiger partial charge in [0.25, 0.3) is 0 Å². The maximum atomic E-state index is 13.4. The highest BCUT2D eigenvalue weighted by atomic mass is 32.2. The second kappa shape index (κ2) is 8.60.